The van der Waals surface area contributed by atoms with Crippen molar-refractivity contribution >= 4 is 36.0 Å². The smallest absolute Gasteiger partial charge is 0.353 e. The molecule has 10 heteroatoms. The van der Waals surface area contributed by atoms with Gasteiger partial charge in [-0.25, -0.2) is 4.79 Å². The lowest BCUT2D eigenvalue weighted by atomic mass is 9.66. The van der Waals surface area contributed by atoms with E-state index in [-0.39, 0.29) is 34.7 Å². The fourth-order valence-corrected chi connectivity index (χ4v) is 6.41. The van der Waals surface area contributed by atoms with Crippen molar-refractivity contribution in [1.29, 1.82) is 0 Å². The van der Waals surface area contributed by atoms with Crippen LogP contribution in [-0.4, -0.2) is 82.6 Å². The fourth-order valence-electron chi connectivity index (χ4n) is 4.85. The molecule has 3 N–H and O–H groups in total. The van der Waals surface area contributed by atoms with E-state index in [1.807, 2.05) is 13.8 Å². The van der Waals surface area contributed by atoms with E-state index in [1.54, 1.807) is 25.9 Å². The van der Waals surface area contributed by atoms with Crippen molar-refractivity contribution in [2.75, 3.05) is 20.6 Å². The van der Waals surface area contributed by atoms with E-state index in [0.29, 0.717) is 24.3 Å². The summed E-state index contributed by atoms with van der Waals surface area (Å²) < 4.78 is 0. The van der Waals surface area contributed by atoms with Crippen molar-refractivity contribution in [3.8, 4) is 0 Å². The number of carboxylic acids is 1. The minimum Gasteiger partial charge on any atom is -0.477 e. The largest absolute Gasteiger partial charge is 0.477 e. The van der Waals surface area contributed by atoms with Gasteiger partial charge in [0.25, 0.3) is 0 Å². The number of rotatable bonds is 7. The van der Waals surface area contributed by atoms with Crippen LogP contribution in [0.4, 0.5) is 0 Å². The van der Waals surface area contributed by atoms with Gasteiger partial charge < -0.3 is 20.6 Å². The van der Waals surface area contributed by atoms with Crippen molar-refractivity contribution < 1.29 is 24.3 Å². The summed E-state index contributed by atoms with van der Waals surface area (Å²) in [5, 5.41) is 15.7. The molecule has 0 aromatic rings. The number of likely N-dealkylation sites (N-methyl/N-ethyl adjacent to an activating group) is 1. The Morgan fingerprint density at radius 3 is 2.66 bits per heavy atom. The number of nitrogens with zero attached hydrogens (tertiary/aromatic N) is 2. The van der Waals surface area contributed by atoms with Gasteiger partial charge in [0.15, 0.2) is 0 Å². The number of amides is 3. The summed E-state index contributed by atoms with van der Waals surface area (Å²) >= 11 is 1.45. The van der Waals surface area contributed by atoms with E-state index < -0.39 is 23.5 Å². The molecule has 3 rings (SSSR count). The molecular weight excluding hydrogens is 396 g/mol. The van der Waals surface area contributed by atoms with Crippen molar-refractivity contribution in [2.45, 2.75) is 50.1 Å². The van der Waals surface area contributed by atoms with Crippen LogP contribution in [0.2, 0.25) is 0 Å². The summed E-state index contributed by atoms with van der Waals surface area (Å²) in [5.41, 5.74) is -0.667. The van der Waals surface area contributed by atoms with Gasteiger partial charge in [-0.3, -0.25) is 19.3 Å². The van der Waals surface area contributed by atoms with E-state index in [2.05, 4.69) is 10.6 Å². The molecule has 0 aromatic heterocycles. The Morgan fingerprint density at radius 1 is 1.45 bits per heavy atom. The monoisotopic (exact) mass is 424 g/mol. The van der Waals surface area contributed by atoms with Crippen LogP contribution >= 0.6 is 11.8 Å². The highest BCUT2D eigenvalue weighted by Crippen LogP contribution is 2.58. The normalized spacial score (nSPS) is 34.5. The predicted molar refractivity (Wildman–Crippen MR) is 108 cm³/mol. The van der Waals surface area contributed by atoms with Crippen LogP contribution in [0.3, 0.4) is 0 Å². The van der Waals surface area contributed by atoms with E-state index in [9.17, 15) is 24.3 Å². The first kappa shape index (κ1) is 21.6. The Balaban J connectivity index is 1.84. The lowest BCUT2D eigenvalue weighted by Crippen LogP contribution is -2.73. The maximum Gasteiger partial charge on any atom is 0.353 e. The van der Waals surface area contributed by atoms with Gasteiger partial charge in [-0.2, -0.15) is 0 Å². The number of hydrogen-bond donors (Lipinski definition) is 3. The molecule has 6 atom stereocenters. The Kier molecular flexibility index (Phi) is 5.70. The van der Waals surface area contributed by atoms with Gasteiger partial charge in [-0.05, 0) is 20.3 Å². The zero-order chi connectivity index (χ0) is 21.7. The molecule has 0 aromatic carbocycles. The van der Waals surface area contributed by atoms with Gasteiger partial charge in [-0.1, -0.05) is 6.92 Å². The first-order valence-electron chi connectivity index (χ1n) is 9.68. The van der Waals surface area contributed by atoms with Crippen LogP contribution in [-0.2, 0) is 19.2 Å². The number of hydrogen-bond acceptors (Lipinski definition) is 6. The molecule has 3 aliphatic heterocycles. The average Bonchev–Trinajstić information content (AvgIpc) is 3.17. The van der Waals surface area contributed by atoms with Crippen LogP contribution < -0.4 is 10.6 Å². The summed E-state index contributed by atoms with van der Waals surface area (Å²) in [6, 6.07) is -0.676. The number of thioether (sulfide) groups is 1. The maximum atomic E-state index is 12.8. The van der Waals surface area contributed by atoms with Crippen LogP contribution in [0.25, 0.3) is 0 Å². The fraction of sp³-hybridized carbons (Fsp3) is 0.684. The molecule has 0 aliphatic carbocycles. The molecule has 0 radical (unpaired) electrons. The third-order valence-corrected chi connectivity index (χ3v) is 7.97. The topological polar surface area (TPSA) is 119 Å². The first-order valence-corrected chi connectivity index (χ1v) is 10.6. The SMILES string of the molecule is C[C@@H](NC=O)[C@H]1C(=O)N2C(C(=O)O)=C(S[C@@H]3CN[C@H](C(=O)N(C)C)C3)[C@H](C)[C@]12C. The van der Waals surface area contributed by atoms with E-state index in [1.165, 1.54) is 16.7 Å². The number of fused-ring (bicyclic) bond motifs is 1. The summed E-state index contributed by atoms with van der Waals surface area (Å²) in [4.78, 5) is 51.6. The summed E-state index contributed by atoms with van der Waals surface area (Å²) in [5.74, 6) is -2.09. The molecule has 0 spiro atoms. The van der Waals surface area contributed by atoms with Crippen molar-refractivity contribution in [1.82, 2.24) is 20.4 Å². The molecule has 29 heavy (non-hydrogen) atoms. The standard InChI is InChI=1S/C19H28N4O5S/c1-9-15(29-11-6-12(20-7-11)16(25)22(4)5)14(18(27)28)23-17(26)13(19(9,23)3)10(2)21-8-24/h8-13,20H,6-7H2,1-5H3,(H,21,24)(H,27,28)/t9-,10+,11-,12-,13-,19+/m0/s1. The molecule has 0 bridgehead atoms. The van der Waals surface area contributed by atoms with Gasteiger partial charge in [0.2, 0.25) is 18.2 Å². The summed E-state index contributed by atoms with van der Waals surface area (Å²) in [6.07, 6.45) is 1.17. The molecule has 160 valence electrons. The van der Waals surface area contributed by atoms with E-state index >= 15 is 0 Å². The molecule has 3 aliphatic rings. The van der Waals surface area contributed by atoms with E-state index in [4.69, 9.17) is 0 Å². The van der Waals surface area contributed by atoms with Crippen LogP contribution in [0.1, 0.15) is 27.2 Å². The van der Waals surface area contributed by atoms with Gasteiger partial charge in [0.05, 0.1) is 17.5 Å². The third-order valence-electron chi connectivity index (χ3n) is 6.48. The zero-order valence-corrected chi connectivity index (χ0v) is 18.1. The molecule has 0 unspecified atom stereocenters. The molecule has 2 fully saturated rings. The minimum absolute atomic E-state index is 0.000191. The number of β-lactam (4-membered cyclic amide) rings is 1. The van der Waals surface area contributed by atoms with Crippen molar-refractivity contribution in [2.24, 2.45) is 11.8 Å². The lowest BCUT2D eigenvalue weighted by Gasteiger charge is -2.56. The first-order chi connectivity index (χ1) is 13.5. The zero-order valence-electron chi connectivity index (χ0n) is 17.3. The molecule has 3 heterocycles. The average molecular weight is 425 g/mol. The highest BCUT2D eigenvalue weighted by molar-refractivity contribution is 8.03. The van der Waals surface area contributed by atoms with Crippen LogP contribution in [0.15, 0.2) is 10.6 Å². The van der Waals surface area contributed by atoms with Gasteiger partial charge in [-0.15, -0.1) is 11.8 Å². The number of carboxylic acid groups (broad SMARTS) is 1. The summed E-state index contributed by atoms with van der Waals surface area (Å²) in [7, 11) is 3.42. The molecular formula is C19H28N4O5S. The molecule has 2 saturated heterocycles. The highest BCUT2D eigenvalue weighted by Gasteiger charge is 2.68. The van der Waals surface area contributed by atoms with E-state index in [0.717, 1.165) is 0 Å². The Labute approximate surface area is 174 Å². The maximum absolute atomic E-state index is 12.8. The number of carbonyl (C=O) groups is 4. The summed E-state index contributed by atoms with van der Waals surface area (Å²) in [6.45, 7) is 6.17. The molecule has 3 amide bonds. The van der Waals surface area contributed by atoms with Crippen LogP contribution in [0.5, 0.6) is 0 Å². The quantitative estimate of drug-likeness (QED) is 0.384. The Morgan fingerprint density at radius 2 is 2.10 bits per heavy atom. The number of nitrogens with one attached hydrogen (secondary N) is 2. The molecule has 9 nitrogen and oxygen atoms in total. The Bertz CT molecular complexity index is 785. The van der Waals surface area contributed by atoms with Crippen molar-refractivity contribution in [3.05, 3.63) is 10.6 Å². The second-order valence-corrected chi connectivity index (χ2v) is 9.70. The Hall–Kier alpha value is -2.07. The van der Waals surface area contributed by atoms with Gasteiger partial charge >= 0.3 is 5.97 Å². The highest BCUT2D eigenvalue weighted by atomic mass is 32.2. The van der Waals surface area contributed by atoms with Gasteiger partial charge in [0, 0.05) is 42.8 Å². The third kappa shape index (κ3) is 3.22. The van der Waals surface area contributed by atoms with Crippen molar-refractivity contribution in [3.63, 3.8) is 0 Å². The van der Waals surface area contributed by atoms with Gasteiger partial charge in [0.1, 0.15) is 5.70 Å². The second kappa shape index (κ2) is 7.64. The molecule has 0 saturated carbocycles. The second-order valence-electron chi connectivity index (χ2n) is 8.36. The van der Waals surface area contributed by atoms with Crippen LogP contribution in [0, 0.1) is 11.8 Å². The number of aliphatic carboxylic acids is 1. The minimum atomic E-state index is -1.13. The lowest BCUT2D eigenvalue weighted by molar-refractivity contribution is -0.170. The number of carbonyl (C=O) groups excluding carboxylic acids is 3. The predicted octanol–water partition coefficient (Wildman–Crippen LogP) is -0.164.